The second kappa shape index (κ2) is 8.96. The molecule has 1 fully saturated rings. The number of fused-ring (bicyclic) bond motifs is 1. The predicted molar refractivity (Wildman–Crippen MR) is 120 cm³/mol. The monoisotopic (exact) mass is 462 g/mol. The Kier molecular flexibility index (Phi) is 6.79. The number of carbonyl (C=O) groups excluding carboxylic acids is 1. The van der Waals surface area contributed by atoms with Crippen LogP contribution >= 0.6 is 15.9 Å². The third-order valence-electron chi connectivity index (χ3n) is 5.81. The molecule has 3 rings (SSSR count). The molecular weight excluding hydrogens is 432 g/mol. The van der Waals surface area contributed by atoms with E-state index in [1.54, 1.807) is 6.07 Å². The van der Waals surface area contributed by atoms with Crippen molar-refractivity contribution in [2.45, 2.75) is 52.6 Å². The van der Waals surface area contributed by atoms with Crippen LogP contribution in [0.3, 0.4) is 0 Å². The van der Waals surface area contributed by atoms with E-state index >= 15 is 0 Å². The summed E-state index contributed by atoms with van der Waals surface area (Å²) in [7, 11) is 0. The van der Waals surface area contributed by atoms with E-state index in [0.717, 1.165) is 17.6 Å². The maximum atomic E-state index is 12.6. The molecule has 2 heterocycles. The van der Waals surface area contributed by atoms with Gasteiger partial charge in [-0.25, -0.2) is 4.98 Å². The van der Waals surface area contributed by atoms with E-state index in [0.29, 0.717) is 35.8 Å². The molecule has 0 bridgehead atoms. The van der Waals surface area contributed by atoms with Crippen molar-refractivity contribution in [2.75, 3.05) is 19.6 Å². The van der Waals surface area contributed by atoms with Gasteiger partial charge in [-0.2, -0.15) is 0 Å². The summed E-state index contributed by atoms with van der Waals surface area (Å²) in [5.41, 5.74) is 0.443. The van der Waals surface area contributed by atoms with E-state index in [2.05, 4.69) is 58.8 Å². The average molecular weight is 463 g/mol. The molecule has 29 heavy (non-hydrogen) atoms. The summed E-state index contributed by atoms with van der Waals surface area (Å²) in [6, 6.07) is 5.44. The first-order valence-electron chi connectivity index (χ1n) is 10.3. The molecule has 1 amide bonds. The van der Waals surface area contributed by atoms with Crippen molar-refractivity contribution in [3.8, 4) is 0 Å². The summed E-state index contributed by atoms with van der Waals surface area (Å²) in [5, 5.41) is 3.61. The number of hydrogen-bond donors (Lipinski definition) is 1. The molecule has 158 valence electrons. The molecule has 1 aromatic carbocycles. The molecular formula is C22H31BrN4O2. The zero-order valence-electron chi connectivity index (χ0n) is 17.7. The van der Waals surface area contributed by atoms with Crippen LogP contribution in [0.15, 0.2) is 33.8 Å². The van der Waals surface area contributed by atoms with E-state index in [1.807, 2.05) is 12.1 Å². The van der Waals surface area contributed by atoms with Crippen molar-refractivity contribution in [1.29, 1.82) is 0 Å². The molecule has 6 nitrogen and oxygen atoms in total. The summed E-state index contributed by atoms with van der Waals surface area (Å²) in [6.45, 7) is 12.0. The van der Waals surface area contributed by atoms with Crippen molar-refractivity contribution < 1.29 is 4.79 Å². The molecule has 0 aliphatic carbocycles. The Morgan fingerprint density at radius 3 is 2.66 bits per heavy atom. The van der Waals surface area contributed by atoms with E-state index in [9.17, 15) is 9.59 Å². The minimum atomic E-state index is -0.124. The number of benzene rings is 1. The summed E-state index contributed by atoms with van der Waals surface area (Å²) >= 11 is 3.39. The molecule has 0 radical (unpaired) electrons. The van der Waals surface area contributed by atoms with Gasteiger partial charge >= 0.3 is 0 Å². The number of amides is 1. The number of aromatic nitrogens is 2. The topological polar surface area (TPSA) is 67.2 Å². The van der Waals surface area contributed by atoms with Gasteiger partial charge in [-0.15, -0.1) is 0 Å². The Morgan fingerprint density at radius 1 is 1.28 bits per heavy atom. The number of carbonyl (C=O) groups is 1. The van der Waals surface area contributed by atoms with Gasteiger partial charge in [0.15, 0.2) is 0 Å². The molecule has 0 spiro atoms. The number of rotatable bonds is 6. The zero-order valence-corrected chi connectivity index (χ0v) is 19.3. The lowest BCUT2D eigenvalue weighted by Gasteiger charge is -2.45. The summed E-state index contributed by atoms with van der Waals surface area (Å²) in [6.07, 6.45) is 3.04. The van der Waals surface area contributed by atoms with Crippen LogP contribution < -0.4 is 10.9 Å². The molecule has 0 saturated carbocycles. The van der Waals surface area contributed by atoms with Crippen molar-refractivity contribution >= 4 is 32.7 Å². The number of piperidine rings is 1. The number of aryl methyl sites for hydroxylation is 1. The second-order valence-corrected chi connectivity index (χ2v) is 10.0. The second-order valence-electron chi connectivity index (χ2n) is 9.09. The Morgan fingerprint density at radius 2 is 1.97 bits per heavy atom. The van der Waals surface area contributed by atoms with Crippen LogP contribution in [-0.2, 0) is 11.3 Å². The highest BCUT2D eigenvalue weighted by molar-refractivity contribution is 9.10. The summed E-state index contributed by atoms with van der Waals surface area (Å²) in [5.74, 6) is 1.32. The van der Waals surface area contributed by atoms with Crippen LogP contribution in [-0.4, -0.2) is 45.5 Å². The molecule has 1 aliphatic rings. The van der Waals surface area contributed by atoms with E-state index in [1.165, 1.54) is 17.3 Å². The normalized spacial score (nSPS) is 20.7. The third kappa shape index (κ3) is 5.45. The van der Waals surface area contributed by atoms with Crippen LogP contribution in [0, 0.1) is 11.8 Å². The van der Waals surface area contributed by atoms with Crippen LogP contribution in [0.5, 0.6) is 0 Å². The van der Waals surface area contributed by atoms with Crippen molar-refractivity contribution in [3.63, 3.8) is 0 Å². The van der Waals surface area contributed by atoms with E-state index in [4.69, 9.17) is 0 Å². The van der Waals surface area contributed by atoms with Gasteiger partial charge in [0, 0.05) is 42.6 Å². The number of likely N-dealkylation sites (tertiary alicyclic amines) is 1. The lowest BCUT2D eigenvalue weighted by Crippen LogP contribution is -2.56. The first-order chi connectivity index (χ1) is 13.7. The number of nitrogens with one attached hydrogen (secondary N) is 1. The Balaban J connectivity index is 1.57. The van der Waals surface area contributed by atoms with Crippen LogP contribution in [0.4, 0.5) is 0 Å². The maximum Gasteiger partial charge on any atom is 0.261 e. The Bertz CT molecular complexity index is 930. The number of hydrogen-bond acceptors (Lipinski definition) is 4. The van der Waals surface area contributed by atoms with Crippen molar-refractivity contribution in [1.82, 2.24) is 19.8 Å². The fourth-order valence-corrected chi connectivity index (χ4v) is 4.55. The third-order valence-corrected chi connectivity index (χ3v) is 6.30. The standard InChI is InChI=1S/C22H31BrN4O2/c1-15-9-16(2)12-27(11-15)22(3,4)13-24-20(28)7-8-26-14-25-19-6-5-17(23)10-18(19)21(26)29/h5-6,10,14-16H,7-9,11-13H2,1-4H3,(H,24,28). The summed E-state index contributed by atoms with van der Waals surface area (Å²) in [4.78, 5) is 31.9. The van der Waals surface area contributed by atoms with Gasteiger partial charge in [0.05, 0.1) is 17.2 Å². The van der Waals surface area contributed by atoms with Gasteiger partial charge in [0.2, 0.25) is 5.91 Å². The zero-order chi connectivity index (χ0) is 21.2. The van der Waals surface area contributed by atoms with Crippen molar-refractivity contribution in [3.05, 3.63) is 39.4 Å². The van der Waals surface area contributed by atoms with Gasteiger partial charge < -0.3 is 5.32 Å². The molecule has 7 heteroatoms. The summed E-state index contributed by atoms with van der Waals surface area (Å²) < 4.78 is 2.34. The lowest BCUT2D eigenvalue weighted by molar-refractivity contribution is -0.122. The Labute approximate surface area is 180 Å². The highest BCUT2D eigenvalue weighted by atomic mass is 79.9. The predicted octanol–water partition coefficient (Wildman–Crippen LogP) is 3.42. The van der Waals surface area contributed by atoms with Gasteiger partial charge in [0.25, 0.3) is 5.56 Å². The molecule has 1 N–H and O–H groups in total. The van der Waals surface area contributed by atoms with Gasteiger partial charge in [-0.05, 0) is 50.3 Å². The number of nitrogens with zero attached hydrogens (tertiary/aromatic N) is 3. The average Bonchev–Trinajstić information content (AvgIpc) is 2.65. The quantitative estimate of drug-likeness (QED) is 0.713. The molecule has 2 atom stereocenters. The first kappa shape index (κ1) is 22.0. The van der Waals surface area contributed by atoms with Crippen LogP contribution in [0.25, 0.3) is 10.9 Å². The van der Waals surface area contributed by atoms with Crippen LogP contribution in [0.1, 0.15) is 40.5 Å². The maximum absolute atomic E-state index is 12.6. The number of halogens is 1. The van der Waals surface area contributed by atoms with E-state index in [-0.39, 0.29) is 23.4 Å². The smallest absolute Gasteiger partial charge is 0.261 e. The first-order valence-corrected chi connectivity index (χ1v) is 11.1. The van der Waals surface area contributed by atoms with E-state index < -0.39 is 0 Å². The Hall–Kier alpha value is -1.73. The molecule has 1 saturated heterocycles. The largest absolute Gasteiger partial charge is 0.354 e. The molecule has 1 aromatic heterocycles. The minimum absolute atomic E-state index is 0.0441. The molecule has 1 aliphatic heterocycles. The van der Waals surface area contributed by atoms with Gasteiger partial charge in [-0.1, -0.05) is 29.8 Å². The fraction of sp³-hybridized carbons (Fsp3) is 0.591. The van der Waals surface area contributed by atoms with Gasteiger partial charge in [0.1, 0.15) is 0 Å². The lowest BCUT2D eigenvalue weighted by atomic mass is 9.88. The molecule has 2 unspecified atom stereocenters. The molecule has 2 aromatic rings. The fourth-order valence-electron chi connectivity index (χ4n) is 4.18. The highest BCUT2D eigenvalue weighted by Gasteiger charge is 2.32. The SMILES string of the molecule is CC1CC(C)CN(C(C)(C)CNC(=O)CCn2cnc3ccc(Br)cc3c2=O)C1. The van der Waals surface area contributed by atoms with Gasteiger partial charge in [-0.3, -0.25) is 19.1 Å². The minimum Gasteiger partial charge on any atom is -0.354 e. The van der Waals surface area contributed by atoms with Crippen molar-refractivity contribution in [2.24, 2.45) is 11.8 Å². The van der Waals surface area contributed by atoms with Crippen LogP contribution in [0.2, 0.25) is 0 Å². The highest BCUT2D eigenvalue weighted by Crippen LogP contribution is 2.26.